The Balaban J connectivity index is 1.47. The smallest absolute Gasteiger partial charge is 0.226 e. The molecule has 3 aromatic heterocycles. The van der Waals surface area contributed by atoms with Gasteiger partial charge in [-0.3, -0.25) is 9.78 Å². The number of pyridine rings is 2. The molecule has 2 N–H and O–H groups in total. The van der Waals surface area contributed by atoms with Gasteiger partial charge in [-0.25, -0.2) is 4.98 Å². The first-order chi connectivity index (χ1) is 17.9. The second-order valence-electron chi connectivity index (χ2n) is 9.28. The van der Waals surface area contributed by atoms with Crippen LogP contribution < -0.4 is 10.6 Å². The Morgan fingerprint density at radius 2 is 1.73 bits per heavy atom. The fraction of sp³-hybridized carbons (Fsp3) is 0.241. The van der Waals surface area contributed by atoms with Gasteiger partial charge in [-0.1, -0.05) is 30.3 Å². The van der Waals surface area contributed by atoms with Crippen LogP contribution in [0.4, 0.5) is 5.69 Å². The molecule has 1 amide bonds. The van der Waals surface area contributed by atoms with E-state index in [0.717, 1.165) is 39.7 Å². The molecular formula is C29H30N6OS. The first-order valence-corrected chi connectivity index (χ1v) is 12.8. The summed E-state index contributed by atoms with van der Waals surface area (Å²) in [6, 6.07) is 21.5. The molecule has 0 saturated carbocycles. The number of nitrogens with one attached hydrogen (secondary N) is 2. The van der Waals surface area contributed by atoms with Crippen molar-refractivity contribution in [3.63, 3.8) is 0 Å². The predicted molar refractivity (Wildman–Crippen MR) is 150 cm³/mol. The number of amides is 1. The van der Waals surface area contributed by atoms with Crippen molar-refractivity contribution in [2.24, 2.45) is 0 Å². The van der Waals surface area contributed by atoms with Gasteiger partial charge in [0.15, 0.2) is 5.11 Å². The second kappa shape index (κ2) is 10.5. The van der Waals surface area contributed by atoms with E-state index < -0.39 is 0 Å². The minimum absolute atomic E-state index is 0.0453. The number of hydrogen-bond acceptors (Lipinski definition) is 4. The SMILES string of the molecule is Cc1ccccc1NC(=O)CCN1C(=S)N[C@@H](c2ccccn2)[C@@H]1c1cc(C)n(-c2ccccn2)c1C. The monoisotopic (exact) mass is 510 g/mol. The molecule has 2 atom stereocenters. The number of anilines is 1. The average molecular weight is 511 g/mol. The molecule has 4 aromatic rings. The molecule has 7 nitrogen and oxygen atoms in total. The fourth-order valence-electron chi connectivity index (χ4n) is 5.06. The van der Waals surface area contributed by atoms with E-state index in [-0.39, 0.29) is 18.0 Å². The zero-order valence-corrected chi connectivity index (χ0v) is 22.0. The van der Waals surface area contributed by atoms with Gasteiger partial charge in [0, 0.05) is 42.4 Å². The van der Waals surface area contributed by atoms with Crippen molar-refractivity contribution in [2.45, 2.75) is 39.3 Å². The van der Waals surface area contributed by atoms with Gasteiger partial charge in [0.05, 0.1) is 17.8 Å². The maximum atomic E-state index is 12.9. The van der Waals surface area contributed by atoms with Crippen LogP contribution in [0.1, 0.15) is 46.7 Å². The molecule has 1 saturated heterocycles. The zero-order chi connectivity index (χ0) is 25.9. The third kappa shape index (κ3) is 4.97. The zero-order valence-electron chi connectivity index (χ0n) is 21.2. The Hall–Kier alpha value is -4.04. The fourth-order valence-corrected chi connectivity index (χ4v) is 5.39. The van der Waals surface area contributed by atoms with Crippen LogP contribution in [-0.2, 0) is 4.79 Å². The lowest BCUT2D eigenvalue weighted by Crippen LogP contribution is -2.33. The number of carbonyl (C=O) groups is 1. The maximum absolute atomic E-state index is 12.9. The lowest BCUT2D eigenvalue weighted by molar-refractivity contribution is -0.116. The number of nitrogens with zero attached hydrogens (tertiary/aromatic N) is 4. The molecule has 1 aliphatic heterocycles. The van der Waals surface area contributed by atoms with Gasteiger partial charge in [0.1, 0.15) is 5.82 Å². The average Bonchev–Trinajstić information content (AvgIpc) is 3.39. The highest BCUT2D eigenvalue weighted by Gasteiger charge is 2.41. The standard InChI is InChI=1S/C29H30N6OS/c1-19-10-4-5-11-23(19)32-26(36)14-17-34-28(27(33-29(34)37)24-12-6-8-15-30-24)22-18-20(2)35(21(22)3)25-13-7-9-16-31-25/h4-13,15-16,18,27-28H,14,17H2,1-3H3,(H,32,36)(H,33,37)/t27-,28-/m0/s1. The number of thiocarbonyl (C=S) groups is 1. The molecule has 0 unspecified atom stereocenters. The minimum atomic E-state index is -0.147. The predicted octanol–water partition coefficient (Wildman–Crippen LogP) is 5.19. The molecule has 188 valence electrons. The van der Waals surface area contributed by atoms with Gasteiger partial charge < -0.3 is 20.1 Å². The van der Waals surface area contributed by atoms with Crippen LogP contribution in [0.3, 0.4) is 0 Å². The number of para-hydroxylation sites is 1. The van der Waals surface area contributed by atoms with Crippen LogP contribution in [0.2, 0.25) is 0 Å². The van der Waals surface area contributed by atoms with E-state index in [4.69, 9.17) is 12.2 Å². The first kappa shape index (κ1) is 24.6. The number of hydrogen-bond donors (Lipinski definition) is 2. The molecule has 1 aromatic carbocycles. The lowest BCUT2D eigenvalue weighted by atomic mass is 9.96. The van der Waals surface area contributed by atoms with Gasteiger partial charge in [0.2, 0.25) is 5.91 Å². The van der Waals surface area contributed by atoms with Gasteiger partial charge in [-0.2, -0.15) is 0 Å². The highest BCUT2D eigenvalue weighted by atomic mass is 32.1. The highest BCUT2D eigenvalue weighted by molar-refractivity contribution is 7.80. The van der Waals surface area contributed by atoms with E-state index >= 15 is 0 Å². The van der Waals surface area contributed by atoms with Gasteiger partial charge >= 0.3 is 0 Å². The Labute approximate surface area is 222 Å². The molecule has 1 fully saturated rings. The van der Waals surface area contributed by atoms with Crippen LogP contribution >= 0.6 is 12.2 Å². The summed E-state index contributed by atoms with van der Waals surface area (Å²) >= 11 is 5.81. The van der Waals surface area contributed by atoms with Crippen molar-refractivity contribution < 1.29 is 4.79 Å². The third-order valence-corrected chi connectivity index (χ3v) is 7.22. The summed E-state index contributed by atoms with van der Waals surface area (Å²) in [4.78, 5) is 24.2. The van der Waals surface area contributed by atoms with Crippen LogP contribution in [0.25, 0.3) is 5.82 Å². The molecule has 5 rings (SSSR count). The Kier molecular flexibility index (Phi) is 7.01. The first-order valence-electron chi connectivity index (χ1n) is 12.4. The summed E-state index contributed by atoms with van der Waals surface area (Å²) in [5.41, 5.74) is 6.07. The quantitative estimate of drug-likeness (QED) is 0.333. The van der Waals surface area contributed by atoms with Gasteiger partial charge in [-0.05, 0) is 80.5 Å². The molecule has 0 spiro atoms. The van der Waals surface area contributed by atoms with E-state index in [1.807, 2.05) is 67.6 Å². The Morgan fingerprint density at radius 1 is 1.00 bits per heavy atom. The summed E-state index contributed by atoms with van der Waals surface area (Å²) in [6.07, 6.45) is 3.91. The molecular weight excluding hydrogens is 480 g/mol. The largest absolute Gasteiger partial charge is 0.352 e. The van der Waals surface area contributed by atoms with Crippen LogP contribution in [0, 0.1) is 20.8 Å². The number of rotatable bonds is 7. The maximum Gasteiger partial charge on any atom is 0.226 e. The summed E-state index contributed by atoms with van der Waals surface area (Å²) in [5.74, 6) is 0.826. The number of benzene rings is 1. The van der Waals surface area contributed by atoms with E-state index in [0.29, 0.717) is 18.1 Å². The topological polar surface area (TPSA) is 75.1 Å². The Morgan fingerprint density at radius 3 is 2.43 bits per heavy atom. The molecule has 0 bridgehead atoms. The lowest BCUT2D eigenvalue weighted by Gasteiger charge is -2.28. The normalized spacial score (nSPS) is 17.1. The number of carbonyl (C=O) groups excluding carboxylic acids is 1. The number of aromatic nitrogens is 3. The second-order valence-corrected chi connectivity index (χ2v) is 9.67. The van der Waals surface area contributed by atoms with E-state index in [1.165, 1.54) is 0 Å². The Bertz CT molecular complexity index is 1420. The number of aryl methyl sites for hydroxylation is 2. The molecule has 1 aliphatic rings. The van der Waals surface area contributed by atoms with Crippen molar-refractivity contribution in [3.8, 4) is 5.82 Å². The summed E-state index contributed by atoms with van der Waals surface area (Å²) in [5, 5.41) is 7.14. The van der Waals surface area contributed by atoms with Gasteiger partial charge in [0.25, 0.3) is 0 Å². The molecule has 37 heavy (non-hydrogen) atoms. The van der Waals surface area contributed by atoms with Crippen molar-refractivity contribution in [1.82, 2.24) is 24.8 Å². The highest BCUT2D eigenvalue weighted by Crippen LogP contribution is 2.41. The van der Waals surface area contributed by atoms with Crippen molar-refractivity contribution in [3.05, 3.63) is 107 Å². The van der Waals surface area contributed by atoms with Crippen molar-refractivity contribution in [1.29, 1.82) is 0 Å². The van der Waals surface area contributed by atoms with Crippen LogP contribution in [0.5, 0.6) is 0 Å². The van der Waals surface area contributed by atoms with Crippen LogP contribution in [-0.4, -0.2) is 37.0 Å². The van der Waals surface area contributed by atoms with Crippen molar-refractivity contribution >= 4 is 28.9 Å². The minimum Gasteiger partial charge on any atom is -0.352 e. The van der Waals surface area contributed by atoms with Gasteiger partial charge in [-0.15, -0.1) is 0 Å². The summed E-state index contributed by atoms with van der Waals surface area (Å²) < 4.78 is 2.16. The van der Waals surface area contributed by atoms with E-state index in [9.17, 15) is 4.79 Å². The molecule has 0 aliphatic carbocycles. The summed E-state index contributed by atoms with van der Waals surface area (Å²) in [6.45, 7) is 6.66. The van der Waals surface area contributed by atoms with E-state index in [1.54, 1.807) is 12.4 Å². The van der Waals surface area contributed by atoms with Crippen molar-refractivity contribution in [2.75, 3.05) is 11.9 Å². The molecule has 8 heteroatoms. The summed E-state index contributed by atoms with van der Waals surface area (Å²) in [7, 11) is 0. The van der Waals surface area contributed by atoms with Crippen LogP contribution in [0.15, 0.2) is 79.1 Å². The molecule has 0 radical (unpaired) electrons. The van der Waals surface area contributed by atoms with E-state index in [2.05, 4.69) is 50.0 Å². The molecule has 4 heterocycles. The third-order valence-electron chi connectivity index (χ3n) is 6.86.